The maximum absolute atomic E-state index is 12.0. The van der Waals surface area contributed by atoms with Crippen LogP contribution in [0.2, 0.25) is 0 Å². The molecule has 2 aromatic rings. The molecule has 0 bridgehead atoms. The van der Waals surface area contributed by atoms with Gasteiger partial charge in [0.15, 0.2) is 5.69 Å². The van der Waals surface area contributed by atoms with Gasteiger partial charge >= 0.3 is 0 Å². The summed E-state index contributed by atoms with van der Waals surface area (Å²) in [4.78, 5) is 13.4. The highest BCUT2D eigenvalue weighted by molar-refractivity contribution is 5.92. The van der Waals surface area contributed by atoms with Gasteiger partial charge in [0.25, 0.3) is 5.91 Å². The second-order valence-corrected chi connectivity index (χ2v) is 4.15. The third-order valence-electron chi connectivity index (χ3n) is 2.77. The highest BCUT2D eigenvalue weighted by Crippen LogP contribution is 2.15. The van der Waals surface area contributed by atoms with E-state index in [0.717, 1.165) is 5.69 Å². The van der Waals surface area contributed by atoms with E-state index in [1.165, 1.54) is 4.90 Å². The van der Waals surface area contributed by atoms with Gasteiger partial charge in [-0.3, -0.25) is 4.79 Å². The van der Waals surface area contributed by atoms with Crippen molar-refractivity contribution in [1.29, 1.82) is 0 Å². The fourth-order valence-corrected chi connectivity index (χ4v) is 1.72. The molecule has 6 nitrogen and oxygen atoms in total. The number of hydrogen-bond acceptors (Lipinski definition) is 4. The van der Waals surface area contributed by atoms with Gasteiger partial charge in [0.05, 0.1) is 18.0 Å². The molecular weight excluding hydrogens is 244 g/mol. The largest absolute Gasteiger partial charge is 0.397 e. The van der Waals surface area contributed by atoms with E-state index < -0.39 is 0 Å². The number of benzene rings is 1. The lowest BCUT2D eigenvalue weighted by atomic mass is 10.3. The van der Waals surface area contributed by atoms with Gasteiger partial charge < -0.3 is 15.7 Å². The summed E-state index contributed by atoms with van der Waals surface area (Å²) in [5.41, 5.74) is 7.49. The second-order valence-electron chi connectivity index (χ2n) is 4.15. The molecule has 6 heteroatoms. The fraction of sp³-hybridized carbons (Fsp3) is 0.231. The standard InChI is InChI=1S/C13H16N4O2/c1-16(8-9-18)13(19)11-6-7-17(15-11)12-5-3-2-4-10(12)14/h2-7,18H,8-9,14H2,1H3. The van der Waals surface area contributed by atoms with Crippen molar-refractivity contribution in [2.75, 3.05) is 25.9 Å². The first kappa shape index (κ1) is 13.1. The smallest absolute Gasteiger partial charge is 0.274 e. The number of likely N-dealkylation sites (N-methyl/N-ethyl adjacent to an activating group) is 1. The van der Waals surface area contributed by atoms with Crippen LogP contribution in [0.3, 0.4) is 0 Å². The van der Waals surface area contributed by atoms with Crippen molar-refractivity contribution in [3.05, 3.63) is 42.2 Å². The number of anilines is 1. The van der Waals surface area contributed by atoms with Gasteiger partial charge in [0.2, 0.25) is 0 Å². The Morgan fingerprint density at radius 3 is 2.84 bits per heavy atom. The highest BCUT2D eigenvalue weighted by Gasteiger charge is 2.15. The lowest BCUT2D eigenvalue weighted by Crippen LogP contribution is -2.29. The molecule has 2 rings (SSSR count). The van der Waals surface area contributed by atoms with Gasteiger partial charge in [-0.1, -0.05) is 12.1 Å². The van der Waals surface area contributed by atoms with Crippen molar-refractivity contribution in [3.63, 3.8) is 0 Å². The number of aliphatic hydroxyl groups is 1. The van der Waals surface area contributed by atoms with Crippen molar-refractivity contribution in [2.45, 2.75) is 0 Å². The zero-order chi connectivity index (χ0) is 13.8. The number of aliphatic hydroxyl groups excluding tert-OH is 1. The molecule has 1 amide bonds. The van der Waals surface area contributed by atoms with E-state index >= 15 is 0 Å². The molecule has 1 aromatic carbocycles. The summed E-state index contributed by atoms with van der Waals surface area (Å²) in [5.74, 6) is -0.234. The first-order chi connectivity index (χ1) is 9.13. The van der Waals surface area contributed by atoms with E-state index in [4.69, 9.17) is 10.8 Å². The normalized spacial score (nSPS) is 10.4. The summed E-state index contributed by atoms with van der Waals surface area (Å²) < 4.78 is 1.56. The van der Waals surface area contributed by atoms with E-state index in [1.807, 2.05) is 18.2 Å². The molecule has 0 saturated carbocycles. The quantitative estimate of drug-likeness (QED) is 0.785. The van der Waals surface area contributed by atoms with Gasteiger partial charge in [0, 0.05) is 19.8 Å². The number of hydrogen-bond donors (Lipinski definition) is 2. The van der Waals surface area contributed by atoms with Crippen LogP contribution in [0.15, 0.2) is 36.5 Å². The van der Waals surface area contributed by atoms with E-state index in [0.29, 0.717) is 11.4 Å². The van der Waals surface area contributed by atoms with Crippen LogP contribution in [0.4, 0.5) is 5.69 Å². The fourth-order valence-electron chi connectivity index (χ4n) is 1.72. The van der Waals surface area contributed by atoms with Gasteiger partial charge in [-0.2, -0.15) is 5.10 Å². The number of amides is 1. The summed E-state index contributed by atoms with van der Waals surface area (Å²) in [6.45, 7) is 0.202. The molecule has 0 atom stereocenters. The molecule has 100 valence electrons. The number of rotatable bonds is 4. The Hall–Kier alpha value is -2.34. The molecule has 19 heavy (non-hydrogen) atoms. The Morgan fingerprint density at radius 2 is 2.16 bits per heavy atom. The molecule has 0 radical (unpaired) electrons. The zero-order valence-corrected chi connectivity index (χ0v) is 10.7. The van der Waals surface area contributed by atoms with E-state index in [9.17, 15) is 4.79 Å². The molecule has 3 N–H and O–H groups in total. The Labute approximate surface area is 111 Å². The number of carbonyl (C=O) groups excluding carboxylic acids is 1. The second kappa shape index (κ2) is 5.53. The summed E-state index contributed by atoms with van der Waals surface area (Å²) in [5, 5.41) is 13.0. The van der Waals surface area contributed by atoms with Crippen LogP contribution < -0.4 is 5.73 Å². The van der Waals surface area contributed by atoms with E-state index in [1.54, 1.807) is 30.1 Å². The Morgan fingerprint density at radius 1 is 1.42 bits per heavy atom. The summed E-state index contributed by atoms with van der Waals surface area (Å²) in [6.07, 6.45) is 1.69. The summed E-state index contributed by atoms with van der Waals surface area (Å²) >= 11 is 0. The molecule has 0 aliphatic rings. The van der Waals surface area contributed by atoms with E-state index in [-0.39, 0.29) is 19.1 Å². The number of nitrogen functional groups attached to an aromatic ring is 1. The van der Waals surface area contributed by atoms with Crippen molar-refractivity contribution >= 4 is 11.6 Å². The molecule has 1 aromatic heterocycles. The molecule has 0 saturated heterocycles. The predicted octanol–water partition coefficient (Wildman–Crippen LogP) is 0.519. The molecule has 0 fully saturated rings. The number of para-hydroxylation sites is 2. The minimum atomic E-state index is -0.234. The number of nitrogens with two attached hydrogens (primary N) is 1. The third kappa shape index (κ3) is 2.74. The molecule has 0 aliphatic heterocycles. The van der Waals surface area contributed by atoms with Gasteiger partial charge in [0.1, 0.15) is 0 Å². The van der Waals surface area contributed by atoms with Crippen molar-refractivity contribution in [2.24, 2.45) is 0 Å². The van der Waals surface area contributed by atoms with Gasteiger partial charge in [-0.05, 0) is 18.2 Å². The topological polar surface area (TPSA) is 84.4 Å². The molecule has 0 spiro atoms. The van der Waals surface area contributed by atoms with Crippen LogP contribution in [0.1, 0.15) is 10.5 Å². The summed E-state index contributed by atoms with van der Waals surface area (Å²) in [6, 6.07) is 8.92. The number of carbonyl (C=O) groups is 1. The minimum Gasteiger partial charge on any atom is -0.397 e. The molecule has 0 aliphatic carbocycles. The maximum atomic E-state index is 12.0. The predicted molar refractivity (Wildman–Crippen MR) is 72.0 cm³/mol. The zero-order valence-electron chi connectivity index (χ0n) is 10.7. The minimum absolute atomic E-state index is 0.0748. The van der Waals surface area contributed by atoms with Gasteiger partial charge in [-0.25, -0.2) is 4.68 Å². The molecule has 0 unspecified atom stereocenters. The van der Waals surface area contributed by atoms with Crippen LogP contribution in [0.25, 0.3) is 5.69 Å². The van der Waals surface area contributed by atoms with E-state index in [2.05, 4.69) is 5.10 Å². The Kier molecular flexibility index (Phi) is 3.82. The van der Waals surface area contributed by atoms with Crippen LogP contribution in [-0.2, 0) is 0 Å². The average molecular weight is 260 g/mol. The van der Waals surface area contributed by atoms with Crippen LogP contribution in [-0.4, -0.2) is 45.9 Å². The van der Waals surface area contributed by atoms with Crippen molar-refractivity contribution in [1.82, 2.24) is 14.7 Å². The number of nitrogens with zero attached hydrogens (tertiary/aromatic N) is 3. The first-order valence-corrected chi connectivity index (χ1v) is 5.90. The van der Waals surface area contributed by atoms with Crippen LogP contribution in [0, 0.1) is 0 Å². The monoisotopic (exact) mass is 260 g/mol. The van der Waals surface area contributed by atoms with Crippen molar-refractivity contribution < 1.29 is 9.90 Å². The SMILES string of the molecule is CN(CCO)C(=O)c1ccn(-c2ccccc2N)n1. The number of aromatic nitrogens is 2. The third-order valence-corrected chi connectivity index (χ3v) is 2.77. The Bertz CT molecular complexity index is 580. The average Bonchev–Trinajstić information content (AvgIpc) is 2.88. The van der Waals surface area contributed by atoms with Crippen molar-refractivity contribution in [3.8, 4) is 5.69 Å². The van der Waals surface area contributed by atoms with Gasteiger partial charge in [-0.15, -0.1) is 0 Å². The first-order valence-electron chi connectivity index (χ1n) is 5.90. The molecular formula is C13H16N4O2. The Balaban J connectivity index is 2.25. The molecule has 1 heterocycles. The lowest BCUT2D eigenvalue weighted by Gasteiger charge is -2.13. The highest BCUT2D eigenvalue weighted by atomic mass is 16.3. The summed E-state index contributed by atoms with van der Waals surface area (Å²) in [7, 11) is 1.62. The van der Waals surface area contributed by atoms with Crippen LogP contribution in [0.5, 0.6) is 0 Å². The lowest BCUT2D eigenvalue weighted by molar-refractivity contribution is 0.0760. The van der Waals surface area contributed by atoms with Crippen LogP contribution >= 0.6 is 0 Å². The maximum Gasteiger partial charge on any atom is 0.274 e.